The van der Waals surface area contributed by atoms with Crippen molar-refractivity contribution in [3.8, 4) is 5.75 Å². The van der Waals surface area contributed by atoms with Crippen LogP contribution in [-0.2, 0) is 9.59 Å². The lowest BCUT2D eigenvalue weighted by molar-refractivity contribution is -0.154. The molecule has 1 aliphatic heterocycles. The monoisotopic (exact) mass is 500 g/mol. The summed E-state index contributed by atoms with van der Waals surface area (Å²) in [6.07, 6.45) is 2.78. The largest absolute Gasteiger partial charge is 0.497 e. The number of nitrogens with zero attached hydrogens (tertiary/aromatic N) is 2. The van der Waals surface area contributed by atoms with Crippen LogP contribution in [0.3, 0.4) is 0 Å². The minimum Gasteiger partial charge on any atom is -0.497 e. The van der Waals surface area contributed by atoms with E-state index in [1.165, 1.54) is 31.4 Å². The molecule has 2 aromatic carbocycles. The third-order valence-electron chi connectivity index (χ3n) is 6.13. The van der Waals surface area contributed by atoms with E-state index in [0.717, 1.165) is 15.6 Å². The Kier molecular flexibility index (Phi) is 6.77. The molecular formula is C25H22Cl2N2O5. The number of Topliss-reactive ketones (excluding diaryl/α,β-unsaturated/α-hetero) is 1. The number of halogens is 2. The van der Waals surface area contributed by atoms with Crippen LogP contribution in [0.1, 0.15) is 40.5 Å². The lowest BCUT2D eigenvalue weighted by Crippen LogP contribution is -2.52. The molecule has 1 aliphatic carbocycles. The van der Waals surface area contributed by atoms with Gasteiger partial charge in [0, 0.05) is 11.1 Å². The molecule has 0 bridgehead atoms. The van der Waals surface area contributed by atoms with Gasteiger partial charge in [-0.2, -0.15) is 5.01 Å². The molecule has 0 saturated carbocycles. The Morgan fingerprint density at radius 1 is 1.03 bits per heavy atom. The number of carbonyl (C=O) groups excluding carboxylic acids is 4. The van der Waals surface area contributed by atoms with E-state index in [0.29, 0.717) is 18.6 Å². The fourth-order valence-electron chi connectivity index (χ4n) is 4.29. The lowest BCUT2D eigenvalue weighted by Gasteiger charge is -2.30. The van der Waals surface area contributed by atoms with Gasteiger partial charge in [-0.3, -0.25) is 19.2 Å². The van der Waals surface area contributed by atoms with Crippen LogP contribution in [-0.4, -0.2) is 47.2 Å². The van der Waals surface area contributed by atoms with Gasteiger partial charge in [-0.1, -0.05) is 47.0 Å². The van der Waals surface area contributed by atoms with Crippen molar-refractivity contribution in [2.45, 2.75) is 19.8 Å². The number of fused-ring (bicyclic) bond motifs is 1. The Morgan fingerprint density at radius 3 is 2.47 bits per heavy atom. The zero-order chi connectivity index (χ0) is 24.6. The zero-order valence-corrected chi connectivity index (χ0v) is 20.1. The number of hydrogen-bond donors (Lipinski definition) is 0. The number of allylic oxidation sites excluding steroid dienone is 2. The molecule has 34 heavy (non-hydrogen) atoms. The number of hydrazine groups is 1. The number of benzene rings is 2. The first-order chi connectivity index (χ1) is 16.2. The van der Waals surface area contributed by atoms with Gasteiger partial charge < -0.3 is 4.74 Å². The van der Waals surface area contributed by atoms with Gasteiger partial charge >= 0.3 is 0 Å². The number of imide groups is 1. The molecule has 0 N–H and O–H groups in total. The number of ketones is 1. The third-order valence-corrected chi connectivity index (χ3v) is 6.87. The predicted molar refractivity (Wildman–Crippen MR) is 127 cm³/mol. The van der Waals surface area contributed by atoms with Crippen LogP contribution in [0.5, 0.6) is 5.75 Å². The number of carbonyl (C=O) groups is 4. The molecule has 176 valence electrons. The molecule has 1 fully saturated rings. The maximum absolute atomic E-state index is 13.5. The second-order valence-electron chi connectivity index (χ2n) is 8.34. The first-order valence-corrected chi connectivity index (χ1v) is 11.4. The summed E-state index contributed by atoms with van der Waals surface area (Å²) in [5, 5.41) is 2.14. The summed E-state index contributed by atoms with van der Waals surface area (Å²) in [6.45, 7) is 1.39. The molecule has 2 aliphatic rings. The van der Waals surface area contributed by atoms with Crippen molar-refractivity contribution in [2.24, 2.45) is 11.8 Å². The Labute approximate surface area is 206 Å². The normalized spacial score (nSPS) is 19.5. The zero-order valence-electron chi connectivity index (χ0n) is 18.6. The molecule has 7 nitrogen and oxygen atoms in total. The first kappa shape index (κ1) is 24.0. The summed E-state index contributed by atoms with van der Waals surface area (Å²) < 4.78 is 5.17. The Balaban J connectivity index is 1.71. The van der Waals surface area contributed by atoms with Crippen molar-refractivity contribution in [3.63, 3.8) is 0 Å². The molecule has 0 unspecified atom stereocenters. The molecule has 2 aromatic rings. The Bertz CT molecular complexity index is 1230. The van der Waals surface area contributed by atoms with Crippen LogP contribution in [0.25, 0.3) is 0 Å². The number of hydrogen-bond acceptors (Lipinski definition) is 5. The van der Waals surface area contributed by atoms with Crippen molar-refractivity contribution in [2.75, 3.05) is 13.7 Å². The molecule has 0 spiro atoms. The summed E-state index contributed by atoms with van der Waals surface area (Å²) in [5.41, 5.74) is 1.39. The van der Waals surface area contributed by atoms with Gasteiger partial charge in [-0.05, 0) is 50.1 Å². The minimum atomic E-state index is -0.708. The number of rotatable bonds is 6. The summed E-state index contributed by atoms with van der Waals surface area (Å²) in [5.74, 6) is -2.81. The highest BCUT2D eigenvalue weighted by atomic mass is 35.5. The minimum absolute atomic E-state index is 0.0950. The van der Waals surface area contributed by atoms with Gasteiger partial charge in [0.15, 0.2) is 5.78 Å². The number of methoxy groups -OCH3 is 1. The van der Waals surface area contributed by atoms with Gasteiger partial charge in [0.05, 0.1) is 29.0 Å². The van der Waals surface area contributed by atoms with Crippen molar-refractivity contribution >= 4 is 46.7 Å². The highest BCUT2D eigenvalue weighted by molar-refractivity contribution is 6.42. The highest BCUT2D eigenvalue weighted by Gasteiger charge is 2.51. The molecule has 1 saturated heterocycles. The van der Waals surface area contributed by atoms with E-state index in [4.69, 9.17) is 27.9 Å². The van der Waals surface area contributed by atoms with Gasteiger partial charge in [0.25, 0.3) is 17.7 Å². The number of amides is 3. The van der Waals surface area contributed by atoms with Crippen molar-refractivity contribution in [3.05, 3.63) is 75.3 Å². The maximum atomic E-state index is 13.5. The van der Waals surface area contributed by atoms with E-state index in [-0.39, 0.29) is 21.2 Å². The fourth-order valence-corrected chi connectivity index (χ4v) is 4.59. The van der Waals surface area contributed by atoms with Crippen LogP contribution >= 0.6 is 23.2 Å². The van der Waals surface area contributed by atoms with Crippen LogP contribution < -0.4 is 4.74 Å². The van der Waals surface area contributed by atoms with E-state index in [2.05, 4.69) is 0 Å². The van der Waals surface area contributed by atoms with E-state index in [9.17, 15) is 19.2 Å². The van der Waals surface area contributed by atoms with Crippen molar-refractivity contribution in [1.82, 2.24) is 10.0 Å². The van der Waals surface area contributed by atoms with E-state index >= 15 is 0 Å². The van der Waals surface area contributed by atoms with Gasteiger partial charge in [0.2, 0.25) is 0 Å². The second kappa shape index (κ2) is 9.60. The average Bonchev–Trinajstić information content (AvgIpc) is 3.07. The highest BCUT2D eigenvalue weighted by Crippen LogP contribution is 2.39. The molecular weight excluding hydrogens is 479 g/mol. The molecule has 9 heteroatoms. The van der Waals surface area contributed by atoms with E-state index in [1.807, 2.05) is 13.0 Å². The summed E-state index contributed by atoms with van der Waals surface area (Å²) in [7, 11) is 1.48. The molecule has 0 radical (unpaired) electrons. The van der Waals surface area contributed by atoms with Crippen LogP contribution in [0.2, 0.25) is 10.0 Å². The average molecular weight is 501 g/mol. The Hall–Kier alpha value is -3.16. The summed E-state index contributed by atoms with van der Waals surface area (Å²) in [6, 6.07) is 10.7. The molecule has 1 heterocycles. The molecule has 4 rings (SSSR count). The number of ether oxygens (including phenoxy) is 1. The first-order valence-electron chi connectivity index (χ1n) is 10.7. The molecule has 0 aromatic heterocycles. The summed E-state index contributed by atoms with van der Waals surface area (Å²) >= 11 is 12.1. The van der Waals surface area contributed by atoms with E-state index < -0.39 is 41.9 Å². The topological polar surface area (TPSA) is 84.0 Å². The molecule has 3 amide bonds. The van der Waals surface area contributed by atoms with Crippen molar-refractivity contribution in [1.29, 1.82) is 0 Å². The standard InChI is InChI=1S/C25H22Cl2N2O5/c1-14-6-8-18-19(10-14)25(33)29(24(18)32)28(23(31)16-7-9-20(26)21(27)12-16)13-22(30)15-4-3-5-17(11-15)34-2/h3-7,9,11-12,18-19H,8,10,13H2,1-2H3/t18-,19-/m1/s1. The van der Waals surface area contributed by atoms with Gasteiger partial charge in [-0.25, -0.2) is 5.01 Å². The maximum Gasteiger partial charge on any atom is 0.273 e. The van der Waals surface area contributed by atoms with Gasteiger partial charge in [-0.15, -0.1) is 0 Å². The van der Waals surface area contributed by atoms with Gasteiger partial charge in [0.1, 0.15) is 12.3 Å². The predicted octanol–water partition coefficient (Wildman–Crippen LogP) is 4.58. The fraction of sp³-hybridized carbons (Fsp3) is 0.280. The van der Waals surface area contributed by atoms with E-state index in [1.54, 1.807) is 18.2 Å². The smallest absolute Gasteiger partial charge is 0.273 e. The lowest BCUT2D eigenvalue weighted by atomic mass is 9.82. The third kappa shape index (κ3) is 4.45. The Morgan fingerprint density at radius 2 is 1.76 bits per heavy atom. The summed E-state index contributed by atoms with van der Waals surface area (Å²) in [4.78, 5) is 53.3. The SMILES string of the molecule is COc1cccc(C(=O)CN(C(=O)c2ccc(Cl)c(Cl)c2)N2C(=O)[C@@H]3CC=C(C)C[C@H]3C2=O)c1. The second-order valence-corrected chi connectivity index (χ2v) is 9.15. The quantitative estimate of drug-likeness (QED) is 0.329. The van der Waals surface area contributed by atoms with Crippen LogP contribution in [0.4, 0.5) is 0 Å². The van der Waals surface area contributed by atoms with Crippen LogP contribution in [0.15, 0.2) is 54.1 Å². The molecule has 2 atom stereocenters. The van der Waals surface area contributed by atoms with Crippen LogP contribution in [0, 0.1) is 11.8 Å². The van der Waals surface area contributed by atoms with Crippen molar-refractivity contribution < 1.29 is 23.9 Å².